The molecule has 150 valence electrons. The maximum Gasteiger partial charge on any atom is 0.245 e. The number of rotatable bonds is 3. The normalized spacial score (nSPS) is 21.0. The van der Waals surface area contributed by atoms with Crippen LogP contribution in [0.4, 0.5) is 5.95 Å². The van der Waals surface area contributed by atoms with Gasteiger partial charge in [0.15, 0.2) is 0 Å². The highest BCUT2D eigenvalue weighted by Gasteiger charge is 2.45. The number of piperazine rings is 1. The van der Waals surface area contributed by atoms with Gasteiger partial charge < -0.3 is 9.80 Å². The fourth-order valence-electron chi connectivity index (χ4n) is 4.48. The van der Waals surface area contributed by atoms with Crippen molar-refractivity contribution in [2.45, 2.75) is 24.9 Å². The van der Waals surface area contributed by atoms with Crippen LogP contribution in [0.1, 0.15) is 12.8 Å². The van der Waals surface area contributed by atoms with Gasteiger partial charge in [0.1, 0.15) is 22.8 Å². The number of pyridine rings is 1. The Morgan fingerprint density at radius 3 is 2.90 bits per heavy atom. The van der Waals surface area contributed by atoms with E-state index >= 15 is 0 Å². The topological polar surface area (TPSA) is 109 Å². The number of fused-ring (bicyclic) bond motifs is 3. The number of amides is 1. The Morgan fingerprint density at radius 1 is 1.17 bits per heavy atom. The molecule has 2 fully saturated rings. The average molecular weight is 401 g/mol. The monoisotopic (exact) mass is 401 g/mol. The predicted octanol–water partition coefficient (Wildman–Crippen LogP) is 1.41. The lowest BCUT2D eigenvalue weighted by Crippen LogP contribution is -2.56. The molecule has 10 heteroatoms. The molecule has 0 saturated carbocycles. The molecular formula is C20H19N9O. The summed E-state index contributed by atoms with van der Waals surface area (Å²) in [6, 6.07) is 3.84. The minimum Gasteiger partial charge on any atom is -0.342 e. The molecule has 1 amide bonds. The summed E-state index contributed by atoms with van der Waals surface area (Å²) < 4.78 is 1.78. The fourth-order valence-corrected chi connectivity index (χ4v) is 4.48. The summed E-state index contributed by atoms with van der Waals surface area (Å²) >= 11 is 0. The Labute approximate surface area is 171 Å². The van der Waals surface area contributed by atoms with E-state index in [0.717, 1.165) is 35.1 Å². The SMILES string of the molecule is CN1CC2CCC(C1=O)N2c1ncc2[nH]nc(-c3cnn(-c4ccncc4)c3)c2n1. The van der Waals surface area contributed by atoms with Crippen LogP contribution in [-0.4, -0.2) is 71.4 Å². The number of likely N-dealkylation sites (N-methyl/N-ethyl adjacent to an activating group) is 1. The van der Waals surface area contributed by atoms with Crippen LogP contribution in [-0.2, 0) is 4.79 Å². The number of nitrogens with zero attached hydrogens (tertiary/aromatic N) is 8. The number of anilines is 1. The smallest absolute Gasteiger partial charge is 0.245 e. The van der Waals surface area contributed by atoms with Crippen molar-refractivity contribution in [3.8, 4) is 16.9 Å². The molecule has 6 rings (SSSR count). The Bertz CT molecular complexity index is 1250. The molecule has 1 N–H and O–H groups in total. The predicted molar refractivity (Wildman–Crippen MR) is 109 cm³/mol. The number of hydrogen-bond donors (Lipinski definition) is 1. The van der Waals surface area contributed by atoms with E-state index in [1.165, 1.54) is 0 Å². The fraction of sp³-hybridized carbons (Fsp3) is 0.300. The number of hydrogen-bond acceptors (Lipinski definition) is 7. The summed E-state index contributed by atoms with van der Waals surface area (Å²) in [5, 5.41) is 11.9. The Kier molecular flexibility index (Phi) is 3.61. The van der Waals surface area contributed by atoms with Gasteiger partial charge in [0.25, 0.3) is 0 Å². The lowest BCUT2D eigenvalue weighted by molar-refractivity contribution is -0.132. The van der Waals surface area contributed by atoms with Crippen LogP contribution in [0, 0.1) is 0 Å². The number of likely N-dealkylation sites (tertiary alicyclic amines) is 1. The quantitative estimate of drug-likeness (QED) is 0.553. The largest absolute Gasteiger partial charge is 0.342 e. The second-order valence-electron chi connectivity index (χ2n) is 7.76. The summed E-state index contributed by atoms with van der Waals surface area (Å²) in [4.78, 5) is 29.9. The van der Waals surface area contributed by atoms with Crippen molar-refractivity contribution in [3.63, 3.8) is 0 Å². The zero-order valence-corrected chi connectivity index (χ0v) is 16.3. The first kappa shape index (κ1) is 17.1. The van der Waals surface area contributed by atoms with Crippen LogP contribution in [0.25, 0.3) is 28.0 Å². The van der Waals surface area contributed by atoms with Gasteiger partial charge >= 0.3 is 0 Å². The van der Waals surface area contributed by atoms with E-state index in [1.807, 2.05) is 30.3 Å². The summed E-state index contributed by atoms with van der Waals surface area (Å²) in [5.74, 6) is 0.721. The van der Waals surface area contributed by atoms with Crippen molar-refractivity contribution >= 4 is 22.9 Å². The van der Waals surface area contributed by atoms with Gasteiger partial charge in [-0.25, -0.2) is 14.6 Å². The lowest BCUT2D eigenvalue weighted by Gasteiger charge is -2.38. The van der Waals surface area contributed by atoms with Crippen LogP contribution in [0.2, 0.25) is 0 Å². The zero-order chi connectivity index (χ0) is 20.2. The van der Waals surface area contributed by atoms with E-state index in [0.29, 0.717) is 18.2 Å². The first-order valence-electron chi connectivity index (χ1n) is 9.89. The molecule has 0 aliphatic carbocycles. The van der Waals surface area contributed by atoms with E-state index in [1.54, 1.807) is 29.5 Å². The number of H-pyrrole nitrogens is 1. The second kappa shape index (κ2) is 6.34. The molecule has 10 nitrogen and oxygen atoms in total. The molecule has 4 aromatic rings. The lowest BCUT2D eigenvalue weighted by atomic mass is 10.2. The molecule has 0 spiro atoms. The molecule has 30 heavy (non-hydrogen) atoms. The minimum atomic E-state index is -0.184. The molecule has 2 saturated heterocycles. The maximum atomic E-state index is 12.6. The molecule has 2 unspecified atom stereocenters. The number of nitrogens with one attached hydrogen (secondary N) is 1. The van der Waals surface area contributed by atoms with Gasteiger partial charge in [-0.1, -0.05) is 0 Å². The van der Waals surface area contributed by atoms with Crippen molar-refractivity contribution in [1.29, 1.82) is 0 Å². The van der Waals surface area contributed by atoms with Crippen LogP contribution in [0.5, 0.6) is 0 Å². The van der Waals surface area contributed by atoms with Gasteiger partial charge in [0.05, 0.1) is 24.1 Å². The molecule has 2 aliphatic rings. The highest BCUT2D eigenvalue weighted by Crippen LogP contribution is 2.34. The molecule has 4 aromatic heterocycles. The number of aromatic amines is 1. The standard InChI is InChI=1S/C20H19N9O/c1-27-11-14-2-3-16(19(27)30)29(14)20-22-9-15-18(24-20)17(26-25-15)12-8-23-28(10-12)13-4-6-21-7-5-13/h4-10,14,16H,2-3,11H2,1H3,(H,25,26). The van der Waals surface area contributed by atoms with Crippen molar-refractivity contribution in [2.24, 2.45) is 0 Å². The maximum absolute atomic E-state index is 12.6. The first-order valence-corrected chi connectivity index (χ1v) is 9.89. The van der Waals surface area contributed by atoms with Gasteiger partial charge in [0.2, 0.25) is 11.9 Å². The summed E-state index contributed by atoms with van der Waals surface area (Å²) in [6.45, 7) is 0.702. The molecular weight excluding hydrogens is 382 g/mol. The summed E-state index contributed by atoms with van der Waals surface area (Å²) in [7, 11) is 1.86. The number of carbonyl (C=O) groups is 1. The second-order valence-corrected chi connectivity index (χ2v) is 7.76. The van der Waals surface area contributed by atoms with E-state index in [-0.39, 0.29) is 18.0 Å². The Morgan fingerprint density at radius 2 is 2.03 bits per heavy atom. The van der Waals surface area contributed by atoms with E-state index < -0.39 is 0 Å². The molecule has 0 radical (unpaired) electrons. The third-order valence-electron chi connectivity index (χ3n) is 5.95. The third-order valence-corrected chi connectivity index (χ3v) is 5.95. The van der Waals surface area contributed by atoms with Crippen molar-refractivity contribution < 1.29 is 4.79 Å². The van der Waals surface area contributed by atoms with Crippen LogP contribution in [0.3, 0.4) is 0 Å². The number of carbonyl (C=O) groups excluding carboxylic acids is 1. The van der Waals surface area contributed by atoms with Gasteiger partial charge in [0, 0.05) is 37.7 Å². The molecule has 2 aliphatic heterocycles. The Balaban J connectivity index is 1.40. The van der Waals surface area contributed by atoms with Crippen LogP contribution >= 0.6 is 0 Å². The van der Waals surface area contributed by atoms with Crippen molar-refractivity contribution in [3.05, 3.63) is 43.1 Å². The van der Waals surface area contributed by atoms with Crippen molar-refractivity contribution in [1.82, 2.24) is 39.8 Å². The first-order chi connectivity index (χ1) is 14.7. The molecule has 6 heterocycles. The van der Waals surface area contributed by atoms with Gasteiger partial charge in [-0.3, -0.25) is 14.9 Å². The van der Waals surface area contributed by atoms with Gasteiger partial charge in [-0.2, -0.15) is 10.2 Å². The molecule has 2 atom stereocenters. The highest BCUT2D eigenvalue weighted by molar-refractivity contribution is 5.91. The third kappa shape index (κ3) is 2.49. The van der Waals surface area contributed by atoms with Gasteiger partial charge in [-0.05, 0) is 25.0 Å². The van der Waals surface area contributed by atoms with Gasteiger partial charge in [-0.15, -0.1) is 0 Å². The number of aromatic nitrogens is 7. The van der Waals surface area contributed by atoms with E-state index in [2.05, 4.69) is 30.2 Å². The Hall–Kier alpha value is -3.82. The van der Waals surface area contributed by atoms with E-state index in [9.17, 15) is 4.79 Å². The summed E-state index contributed by atoms with van der Waals surface area (Å²) in [6.07, 6.45) is 10.7. The highest BCUT2D eigenvalue weighted by atomic mass is 16.2. The van der Waals surface area contributed by atoms with Crippen LogP contribution in [0.15, 0.2) is 43.1 Å². The molecule has 2 bridgehead atoms. The minimum absolute atomic E-state index is 0.137. The molecule has 0 aromatic carbocycles. The average Bonchev–Trinajstić information content (AvgIpc) is 3.49. The van der Waals surface area contributed by atoms with Crippen molar-refractivity contribution in [2.75, 3.05) is 18.5 Å². The zero-order valence-electron chi connectivity index (χ0n) is 16.3. The summed E-state index contributed by atoms with van der Waals surface area (Å²) in [5.41, 5.74) is 3.94. The van der Waals surface area contributed by atoms with E-state index in [4.69, 9.17) is 4.98 Å². The van der Waals surface area contributed by atoms with Crippen LogP contribution < -0.4 is 4.90 Å².